The summed E-state index contributed by atoms with van der Waals surface area (Å²) in [5.41, 5.74) is -1.18. The van der Waals surface area contributed by atoms with Gasteiger partial charge < -0.3 is 4.84 Å². The van der Waals surface area contributed by atoms with Crippen molar-refractivity contribution in [1.29, 1.82) is 0 Å². The van der Waals surface area contributed by atoms with Gasteiger partial charge in [0.15, 0.2) is 0 Å². The van der Waals surface area contributed by atoms with Gasteiger partial charge in [0.1, 0.15) is 5.82 Å². The molecule has 7 heteroatoms. The summed E-state index contributed by atoms with van der Waals surface area (Å²) < 4.78 is 14.3. The molecule has 0 atom stereocenters. The number of fused-ring (bicyclic) bond motifs is 1. The van der Waals surface area contributed by atoms with Crippen LogP contribution in [-0.4, -0.2) is 22.8 Å². The first kappa shape index (κ1) is 17.1. The molecule has 1 aliphatic heterocycles. The smallest absolute Gasteiger partial charge is 0.329 e. The van der Waals surface area contributed by atoms with E-state index in [9.17, 15) is 18.8 Å². The Kier molecular flexibility index (Phi) is 4.08. The minimum atomic E-state index is -1.47. The first-order valence-electron chi connectivity index (χ1n) is 7.40. The van der Waals surface area contributed by atoms with E-state index in [-0.39, 0.29) is 21.7 Å². The summed E-state index contributed by atoms with van der Waals surface area (Å²) in [6.07, 6.45) is 0. The van der Waals surface area contributed by atoms with Crippen molar-refractivity contribution >= 4 is 29.4 Å². The third-order valence-corrected chi connectivity index (χ3v) is 4.36. The quantitative estimate of drug-likeness (QED) is 0.785. The SMILES string of the molecule is CC(C)(C(=O)ON1C(=O)c2ccccc2C1=O)c1cccc(Cl)c1F. The Bertz CT molecular complexity index is 875. The Hall–Kier alpha value is -2.73. The minimum Gasteiger partial charge on any atom is -0.329 e. The van der Waals surface area contributed by atoms with Gasteiger partial charge in [-0.25, -0.2) is 9.18 Å². The van der Waals surface area contributed by atoms with E-state index in [2.05, 4.69) is 0 Å². The molecule has 0 saturated heterocycles. The predicted octanol–water partition coefficient (Wildman–Crippen LogP) is 3.51. The van der Waals surface area contributed by atoms with Crippen molar-refractivity contribution in [3.8, 4) is 0 Å². The number of amides is 2. The predicted molar refractivity (Wildman–Crippen MR) is 87.5 cm³/mol. The highest BCUT2D eigenvalue weighted by Gasteiger charge is 2.43. The fourth-order valence-corrected chi connectivity index (χ4v) is 2.72. The van der Waals surface area contributed by atoms with Gasteiger partial charge in [-0.15, -0.1) is 0 Å². The van der Waals surface area contributed by atoms with E-state index in [4.69, 9.17) is 16.4 Å². The van der Waals surface area contributed by atoms with Crippen LogP contribution in [0.5, 0.6) is 0 Å². The van der Waals surface area contributed by atoms with Crippen LogP contribution in [0.15, 0.2) is 42.5 Å². The van der Waals surface area contributed by atoms with Gasteiger partial charge in [0, 0.05) is 5.56 Å². The summed E-state index contributed by atoms with van der Waals surface area (Å²) >= 11 is 5.76. The number of halogens is 2. The molecule has 0 unspecified atom stereocenters. The fraction of sp³-hybridized carbons (Fsp3) is 0.167. The summed E-state index contributed by atoms with van der Waals surface area (Å²) in [7, 11) is 0. The van der Waals surface area contributed by atoms with Crippen molar-refractivity contribution in [2.24, 2.45) is 0 Å². The summed E-state index contributed by atoms with van der Waals surface area (Å²) in [4.78, 5) is 42.1. The van der Waals surface area contributed by atoms with Crippen molar-refractivity contribution in [2.75, 3.05) is 0 Å². The molecule has 2 amide bonds. The lowest BCUT2D eigenvalue weighted by Gasteiger charge is -2.25. The second-order valence-electron chi connectivity index (χ2n) is 6.06. The zero-order chi connectivity index (χ0) is 18.4. The van der Waals surface area contributed by atoms with Crippen molar-refractivity contribution in [1.82, 2.24) is 5.06 Å². The third kappa shape index (κ3) is 2.68. The van der Waals surface area contributed by atoms with Crippen molar-refractivity contribution in [3.05, 3.63) is 70.0 Å². The van der Waals surface area contributed by atoms with Gasteiger partial charge in [0.05, 0.1) is 21.6 Å². The van der Waals surface area contributed by atoms with E-state index < -0.39 is 29.0 Å². The third-order valence-electron chi connectivity index (χ3n) is 4.07. The van der Waals surface area contributed by atoms with Gasteiger partial charge in [0.2, 0.25) is 0 Å². The maximum absolute atomic E-state index is 14.3. The summed E-state index contributed by atoms with van der Waals surface area (Å²) in [6.45, 7) is 2.84. The molecule has 0 bridgehead atoms. The average molecular weight is 362 g/mol. The van der Waals surface area contributed by atoms with E-state index in [0.717, 1.165) is 0 Å². The second kappa shape index (κ2) is 5.97. The normalized spacial score (nSPS) is 13.8. The van der Waals surface area contributed by atoms with Gasteiger partial charge in [-0.2, -0.15) is 0 Å². The molecule has 1 heterocycles. The van der Waals surface area contributed by atoms with Crippen LogP contribution in [0.2, 0.25) is 5.02 Å². The summed E-state index contributed by atoms with van der Waals surface area (Å²) in [6, 6.07) is 10.4. The van der Waals surface area contributed by atoms with E-state index in [0.29, 0.717) is 5.06 Å². The van der Waals surface area contributed by atoms with Crippen LogP contribution in [0.1, 0.15) is 40.1 Å². The van der Waals surface area contributed by atoms with Crippen LogP contribution in [0.4, 0.5) is 4.39 Å². The van der Waals surface area contributed by atoms with E-state index in [1.807, 2.05) is 0 Å². The number of benzene rings is 2. The molecule has 0 radical (unpaired) electrons. The second-order valence-corrected chi connectivity index (χ2v) is 6.46. The maximum Gasteiger partial charge on any atom is 0.343 e. The largest absolute Gasteiger partial charge is 0.343 e. The molecule has 0 N–H and O–H groups in total. The summed E-state index contributed by atoms with van der Waals surface area (Å²) in [5, 5.41) is 0.260. The monoisotopic (exact) mass is 361 g/mol. The molecule has 0 saturated carbocycles. The van der Waals surface area contributed by atoms with Crippen LogP contribution in [0.3, 0.4) is 0 Å². The molecule has 5 nitrogen and oxygen atoms in total. The van der Waals surface area contributed by atoms with Gasteiger partial charge in [-0.1, -0.05) is 40.9 Å². The lowest BCUT2D eigenvalue weighted by Crippen LogP contribution is -2.40. The van der Waals surface area contributed by atoms with Gasteiger partial charge in [-0.3, -0.25) is 9.59 Å². The Morgan fingerprint density at radius 1 is 1.04 bits per heavy atom. The molecular formula is C18H13ClFNO4. The highest BCUT2D eigenvalue weighted by atomic mass is 35.5. The van der Waals surface area contributed by atoms with Crippen LogP contribution in [-0.2, 0) is 15.0 Å². The fourth-order valence-electron chi connectivity index (χ4n) is 2.54. The molecule has 2 aromatic carbocycles. The van der Waals surface area contributed by atoms with Gasteiger partial charge >= 0.3 is 5.97 Å². The van der Waals surface area contributed by atoms with Gasteiger partial charge in [0.25, 0.3) is 11.8 Å². The number of carbonyl (C=O) groups is 3. The Balaban J connectivity index is 1.89. The van der Waals surface area contributed by atoms with Crippen molar-refractivity contribution in [3.63, 3.8) is 0 Å². The van der Waals surface area contributed by atoms with E-state index in [1.54, 1.807) is 12.1 Å². The maximum atomic E-state index is 14.3. The lowest BCUT2D eigenvalue weighted by molar-refractivity contribution is -0.174. The molecule has 128 valence electrons. The molecule has 0 spiro atoms. The number of rotatable bonds is 3. The van der Waals surface area contributed by atoms with Crippen LogP contribution in [0.25, 0.3) is 0 Å². The molecular weight excluding hydrogens is 349 g/mol. The minimum absolute atomic E-state index is 0.00149. The first-order chi connectivity index (χ1) is 11.7. The molecule has 25 heavy (non-hydrogen) atoms. The number of nitrogens with zero attached hydrogens (tertiary/aromatic N) is 1. The topological polar surface area (TPSA) is 63.7 Å². The Labute approximate surface area is 147 Å². The highest BCUT2D eigenvalue weighted by molar-refractivity contribution is 6.30. The number of hydrogen-bond acceptors (Lipinski definition) is 4. The molecule has 0 aromatic heterocycles. The van der Waals surface area contributed by atoms with Crippen LogP contribution in [0, 0.1) is 5.82 Å². The molecule has 0 fully saturated rings. The van der Waals surface area contributed by atoms with Gasteiger partial charge in [-0.05, 0) is 32.0 Å². The van der Waals surface area contributed by atoms with E-state index in [1.165, 1.54) is 44.2 Å². The number of imide groups is 1. The molecule has 1 aliphatic rings. The molecule has 2 aromatic rings. The van der Waals surface area contributed by atoms with Crippen molar-refractivity contribution < 1.29 is 23.6 Å². The zero-order valence-corrected chi connectivity index (χ0v) is 14.1. The first-order valence-corrected chi connectivity index (χ1v) is 7.77. The summed E-state index contributed by atoms with van der Waals surface area (Å²) in [5.74, 6) is -3.19. The highest BCUT2D eigenvalue weighted by Crippen LogP contribution is 2.32. The molecule has 3 rings (SSSR count). The zero-order valence-electron chi connectivity index (χ0n) is 13.4. The standard InChI is InChI=1S/C18H13ClFNO4/c1-18(2,12-8-5-9-13(19)14(12)20)17(24)25-21-15(22)10-6-3-4-7-11(10)16(21)23/h3-9H,1-2H3. The molecule has 0 aliphatic carbocycles. The number of hydrogen-bond donors (Lipinski definition) is 0. The van der Waals surface area contributed by atoms with Crippen LogP contribution < -0.4 is 0 Å². The van der Waals surface area contributed by atoms with E-state index >= 15 is 0 Å². The number of hydroxylamine groups is 2. The van der Waals surface area contributed by atoms with Crippen LogP contribution >= 0.6 is 11.6 Å². The average Bonchev–Trinajstić information content (AvgIpc) is 2.82. The lowest BCUT2D eigenvalue weighted by atomic mass is 9.84. The number of carbonyl (C=O) groups excluding carboxylic acids is 3. The Morgan fingerprint density at radius 2 is 1.60 bits per heavy atom. The Morgan fingerprint density at radius 3 is 2.16 bits per heavy atom. The van der Waals surface area contributed by atoms with Crippen molar-refractivity contribution in [2.45, 2.75) is 19.3 Å².